The van der Waals surface area contributed by atoms with E-state index in [4.69, 9.17) is 0 Å². The number of hydrogen-bond donors (Lipinski definition) is 3. The molecule has 0 saturated heterocycles. The lowest BCUT2D eigenvalue weighted by Crippen LogP contribution is -2.32. The summed E-state index contributed by atoms with van der Waals surface area (Å²) in [5.41, 5.74) is 1.19. The van der Waals surface area contributed by atoms with E-state index in [1.165, 1.54) is 18.2 Å². The number of aromatic nitrogens is 1. The molecule has 110 valence electrons. The first-order valence-corrected chi connectivity index (χ1v) is 6.46. The van der Waals surface area contributed by atoms with Gasteiger partial charge in [0.2, 0.25) is 0 Å². The van der Waals surface area contributed by atoms with E-state index in [2.05, 4.69) is 15.6 Å². The van der Waals surface area contributed by atoms with Gasteiger partial charge in [0.25, 0.3) is 0 Å². The molecule has 2 rings (SSSR count). The molecule has 3 N–H and O–H groups in total. The van der Waals surface area contributed by atoms with E-state index in [9.17, 15) is 14.3 Å². The van der Waals surface area contributed by atoms with E-state index in [1.54, 1.807) is 18.2 Å². The number of halogens is 1. The lowest BCUT2D eigenvalue weighted by molar-refractivity contribution is 0.174. The number of rotatable bonds is 4. The summed E-state index contributed by atoms with van der Waals surface area (Å²) in [4.78, 5) is 15.8. The summed E-state index contributed by atoms with van der Waals surface area (Å²) < 4.78 is 13.0. The Morgan fingerprint density at radius 1 is 1.33 bits per heavy atom. The van der Waals surface area contributed by atoms with Crippen LogP contribution in [0.5, 0.6) is 0 Å². The quantitative estimate of drug-likeness (QED) is 0.809. The van der Waals surface area contributed by atoms with Crippen molar-refractivity contribution in [3.05, 3.63) is 59.5 Å². The van der Waals surface area contributed by atoms with Crippen molar-refractivity contribution in [2.75, 3.05) is 11.9 Å². The zero-order valence-electron chi connectivity index (χ0n) is 11.5. The zero-order chi connectivity index (χ0) is 15.2. The van der Waals surface area contributed by atoms with Crippen LogP contribution in [0, 0.1) is 12.7 Å². The van der Waals surface area contributed by atoms with Crippen LogP contribution >= 0.6 is 0 Å². The molecule has 1 aromatic heterocycles. The number of nitrogens with zero attached hydrogens (tertiary/aromatic N) is 1. The van der Waals surface area contributed by atoms with Gasteiger partial charge in [-0.2, -0.15) is 0 Å². The van der Waals surface area contributed by atoms with Crippen molar-refractivity contribution in [2.24, 2.45) is 0 Å². The van der Waals surface area contributed by atoms with Gasteiger partial charge in [0, 0.05) is 12.2 Å². The van der Waals surface area contributed by atoms with Crippen molar-refractivity contribution >= 4 is 11.8 Å². The molecule has 1 aromatic carbocycles. The first kappa shape index (κ1) is 14.9. The Labute approximate surface area is 121 Å². The average molecular weight is 289 g/mol. The number of pyridine rings is 1. The van der Waals surface area contributed by atoms with Crippen molar-refractivity contribution < 1.29 is 14.3 Å². The number of nitrogens with one attached hydrogen (secondary N) is 2. The fourth-order valence-electron chi connectivity index (χ4n) is 1.79. The Bertz CT molecular complexity index is 634. The number of anilines is 1. The van der Waals surface area contributed by atoms with E-state index < -0.39 is 18.0 Å². The summed E-state index contributed by atoms with van der Waals surface area (Å²) in [7, 11) is 0. The van der Waals surface area contributed by atoms with Gasteiger partial charge in [-0.1, -0.05) is 18.2 Å². The first-order valence-electron chi connectivity index (χ1n) is 6.46. The Balaban J connectivity index is 1.86. The van der Waals surface area contributed by atoms with Crippen molar-refractivity contribution in [3.63, 3.8) is 0 Å². The number of aryl methyl sites for hydroxylation is 1. The highest BCUT2D eigenvalue weighted by atomic mass is 19.1. The van der Waals surface area contributed by atoms with E-state index in [0.29, 0.717) is 11.4 Å². The van der Waals surface area contributed by atoms with Crippen LogP contribution in [0.15, 0.2) is 42.5 Å². The summed E-state index contributed by atoms with van der Waals surface area (Å²) in [6.45, 7) is 1.79. The van der Waals surface area contributed by atoms with Gasteiger partial charge in [0.1, 0.15) is 11.6 Å². The van der Waals surface area contributed by atoms with Crippen LogP contribution in [0.1, 0.15) is 17.4 Å². The van der Waals surface area contributed by atoms with E-state index in [0.717, 1.165) is 5.69 Å². The van der Waals surface area contributed by atoms with E-state index >= 15 is 0 Å². The molecular weight excluding hydrogens is 273 g/mol. The standard InChI is InChI=1S/C15H16FN3O2/c1-10-4-2-7-14(18-10)19-15(21)17-9-13(20)11-5-3-6-12(16)8-11/h2-8,13,20H,9H2,1H3,(H2,17,18,19,21)/t13-/m0/s1. The van der Waals surface area contributed by atoms with Gasteiger partial charge >= 0.3 is 6.03 Å². The normalized spacial score (nSPS) is 11.8. The van der Waals surface area contributed by atoms with Crippen LogP contribution in [0.3, 0.4) is 0 Å². The largest absolute Gasteiger partial charge is 0.387 e. The Morgan fingerprint density at radius 3 is 2.81 bits per heavy atom. The highest BCUT2D eigenvalue weighted by Crippen LogP contribution is 2.13. The molecule has 0 aliphatic heterocycles. The molecule has 0 unspecified atom stereocenters. The first-order chi connectivity index (χ1) is 10.0. The minimum Gasteiger partial charge on any atom is -0.387 e. The van der Waals surface area contributed by atoms with Crippen LogP contribution in [0.2, 0.25) is 0 Å². The summed E-state index contributed by atoms with van der Waals surface area (Å²) in [6, 6.07) is 10.4. The number of hydrogen-bond acceptors (Lipinski definition) is 3. The number of amides is 2. The molecule has 0 saturated carbocycles. The maximum atomic E-state index is 13.0. The monoisotopic (exact) mass is 289 g/mol. The number of aliphatic hydroxyl groups is 1. The lowest BCUT2D eigenvalue weighted by atomic mass is 10.1. The molecular formula is C15H16FN3O2. The SMILES string of the molecule is Cc1cccc(NC(=O)NC[C@H](O)c2cccc(F)c2)n1. The summed E-state index contributed by atoms with van der Waals surface area (Å²) >= 11 is 0. The van der Waals surface area contributed by atoms with Crippen LogP contribution in [-0.2, 0) is 0 Å². The molecule has 0 aliphatic carbocycles. The fraction of sp³-hybridized carbons (Fsp3) is 0.200. The van der Waals surface area contributed by atoms with Crippen molar-refractivity contribution in [1.29, 1.82) is 0 Å². The molecule has 5 nitrogen and oxygen atoms in total. The summed E-state index contributed by atoms with van der Waals surface area (Å²) in [5, 5.41) is 14.9. The fourth-order valence-corrected chi connectivity index (χ4v) is 1.79. The third-order valence-electron chi connectivity index (χ3n) is 2.82. The number of aliphatic hydroxyl groups excluding tert-OH is 1. The molecule has 0 fully saturated rings. The summed E-state index contributed by atoms with van der Waals surface area (Å²) in [5.74, 6) is -0.00675. The second-order valence-corrected chi connectivity index (χ2v) is 4.57. The van der Waals surface area contributed by atoms with E-state index in [-0.39, 0.29) is 6.54 Å². The molecule has 0 bridgehead atoms. The van der Waals surface area contributed by atoms with Gasteiger partial charge in [-0.15, -0.1) is 0 Å². The second-order valence-electron chi connectivity index (χ2n) is 4.57. The lowest BCUT2D eigenvalue weighted by Gasteiger charge is -2.13. The Kier molecular flexibility index (Phi) is 4.84. The van der Waals surface area contributed by atoms with Gasteiger partial charge in [0.15, 0.2) is 0 Å². The smallest absolute Gasteiger partial charge is 0.320 e. The topological polar surface area (TPSA) is 74.2 Å². The second kappa shape index (κ2) is 6.81. The third-order valence-corrected chi connectivity index (χ3v) is 2.82. The number of benzene rings is 1. The van der Waals surface area contributed by atoms with Gasteiger partial charge in [0.05, 0.1) is 6.10 Å². The van der Waals surface area contributed by atoms with Crippen molar-refractivity contribution in [1.82, 2.24) is 10.3 Å². The molecule has 21 heavy (non-hydrogen) atoms. The highest BCUT2D eigenvalue weighted by molar-refractivity contribution is 5.88. The molecule has 6 heteroatoms. The van der Waals surface area contributed by atoms with Crippen LogP contribution in [-0.4, -0.2) is 22.7 Å². The number of urea groups is 1. The maximum absolute atomic E-state index is 13.0. The zero-order valence-corrected chi connectivity index (χ0v) is 11.5. The van der Waals surface area contributed by atoms with Crippen LogP contribution in [0.4, 0.5) is 15.0 Å². The maximum Gasteiger partial charge on any atom is 0.320 e. The van der Waals surface area contributed by atoms with Crippen LogP contribution in [0.25, 0.3) is 0 Å². The van der Waals surface area contributed by atoms with Crippen molar-refractivity contribution in [3.8, 4) is 0 Å². The third kappa shape index (κ3) is 4.54. The Morgan fingerprint density at radius 2 is 2.10 bits per heavy atom. The predicted molar refractivity (Wildman–Crippen MR) is 77.4 cm³/mol. The van der Waals surface area contributed by atoms with Gasteiger partial charge in [-0.25, -0.2) is 14.2 Å². The molecule has 0 radical (unpaired) electrons. The number of carbonyl (C=O) groups is 1. The van der Waals surface area contributed by atoms with Gasteiger partial charge in [-0.3, -0.25) is 5.32 Å². The van der Waals surface area contributed by atoms with E-state index in [1.807, 2.05) is 13.0 Å². The van der Waals surface area contributed by atoms with Gasteiger partial charge < -0.3 is 10.4 Å². The molecule has 2 aromatic rings. The molecule has 1 heterocycles. The van der Waals surface area contributed by atoms with Gasteiger partial charge in [-0.05, 0) is 36.8 Å². The highest BCUT2D eigenvalue weighted by Gasteiger charge is 2.10. The van der Waals surface area contributed by atoms with Crippen molar-refractivity contribution in [2.45, 2.75) is 13.0 Å². The Hall–Kier alpha value is -2.47. The van der Waals surface area contributed by atoms with Crippen LogP contribution < -0.4 is 10.6 Å². The average Bonchev–Trinajstić information content (AvgIpc) is 2.45. The number of carbonyl (C=O) groups excluding carboxylic acids is 1. The molecule has 0 aliphatic rings. The minimum absolute atomic E-state index is 0.0267. The molecule has 2 amide bonds. The minimum atomic E-state index is -0.975. The summed E-state index contributed by atoms with van der Waals surface area (Å²) in [6.07, 6.45) is -0.975. The molecule has 1 atom stereocenters. The molecule has 0 spiro atoms. The predicted octanol–water partition coefficient (Wildman–Crippen LogP) is 2.38.